The molecule has 1 aromatic carbocycles. The molecule has 0 heterocycles. The molecule has 2 N–H and O–H groups in total. The van der Waals surface area contributed by atoms with Crippen molar-refractivity contribution in [2.24, 2.45) is 5.92 Å². The second kappa shape index (κ2) is 6.89. The minimum atomic E-state index is -0.0604. The Morgan fingerprint density at radius 3 is 2.52 bits per heavy atom. The van der Waals surface area contributed by atoms with Crippen LogP contribution in [0.5, 0.6) is 0 Å². The van der Waals surface area contributed by atoms with E-state index in [1.807, 2.05) is 4.90 Å². The zero-order chi connectivity index (χ0) is 15.6. The third kappa shape index (κ3) is 3.83. The number of anilines is 1. The highest BCUT2D eigenvalue weighted by molar-refractivity contribution is 6.44. The van der Waals surface area contributed by atoms with E-state index in [0.717, 1.165) is 19.4 Å². The molecule has 0 saturated heterocycles. The predicted molar refractivity (Wildman–Crippen MR) is 89.0 cm³/mol. The number of benzene rings is 1. The lowest BCUT2D eigenvalue weighted by molar-refractivity contribution is 0.0656. The van der Waals surface area contributed by atoms with Gasteiger partial charge >= 0.3 is 0 Å². The molecular weight excluding hydrogens is 307 g/mol. The number of amides is 1. The molecule has 1 aliphatic rings. The highest BCUT2D eigenvalue weighted by Gasteiger charge is 2.29. The van der Waals surface area contributed by atoms with Crippen molar-refractivity contribution >= 4 is 34.8 Å². The molecule has 0 radical (unpaired) electrons. The van der Waals surface area contributed by atoms with Crippen LogP contribution < -0.4 is 5.73 Å². The first-order valence-corrected chi connectivity index (χ1v) is 8.21. The van der Waals surface area contributed by atoms with Crippen LogP contribution in [0.15, 0.2) is 12.1 Å². The topological polar surface area (TPSA) is 46.3 Å². The predicted octanol–water partition coefficient (Wildman–Crippen LogP) is 4.62. The Morgan fingerprint density at radius 1 is 1.33 bits per heavy atom. The second-order valence-corrected chi connectivity index (χ2v) is 6.94. The number of halogens is 2. The summed E-state index contributed by atoms with van der Waals surface area (Å²) in [5.41, 5.74) is 6.68. The molecule has 1 fully saturated rings. The van der Waals surface area contributed by atoms with E-state index in [0.29, 0.717) is 33.3 Å². The zero-order valence-corrected chi connectivity index (χ0v) is 14.0. The lowest BCUT2D eigenvalue weighted by atomic mass is 10.1. The average Bonchev–Trinajstić information content (AvgIpc) is 2.93. The number of rotatable bonds is 4. The summed E-state index contributed by atoms with van der Waals surface area (Å²) in [5.74, 6) is 0.347. The van der Waals surface area contributed by atoms with Crippen LogP contribution in [0.2, 0.25) is 10.0 Å². The molecule has 2 rings (SSSR count). The molecule has 1 aromatic rings. The molecule has 0 spiro atoms. The first-order valence-electron chi connectivity index (χ1n) is 7.45. The molecule has 5 heteroatoms. The summed E-state index contributed by atoms with van der Waals surface area (Å²) in [6.45, 7) is 4.96. The van der Waals surface area contributed by atoms with Crippen LogP contribution in [-0.4, -0.2) is 23.4 Å². The Morgan fingerprint density at radius 2 is 1.95 bits per heavy atom. The second-order valence-electron chi connectivity index (χ2n) is 6.15. The normalized spacial score (nSPS) is 15.7. The van der Waals surface area contributed by atoms with Gasteiger partial charge < -0.3 is 10.6 Å². The van der Waals surface area contributed by atoms with E-state index in [2.05, 4.69) is 13.8 Å². The Bertz CT molecular complexity index is 525. The van der Waals surface area contributed by atoms with E-state index < -0.39 is 0 Å². The molecule has 21 heavy (non-hydrogen) atoms. The van der Waals surface area contributed by atoms with E-state index in [4.69, 9.17) is 28.9 Å². The van der Waals surface area contributed by atoms with Crippen LogP contribution >= 0.6 is 23.2 Å². The summed E-state index contributed by atoms with van der Waals surface area (Å²) in [4.78, 5) is 14.9. The Kier molecular flexibility index (Phi) is 5.39. The number of carbonyl (C=O) groups is 1. The molecule has 116 valence electrons. The quantitative estimate of drug-likeness (QED) is 0.820. The molecule has 0 aliphatic heterocycles. The van der Waals surface area contributed by atoms with Gasteiger partial charge in [-0.25, -0.2) is 0 Å². The fraction of sp³-hybridized carbons (Fsp3) is 0.562. The Labute approximate surface area is 136 Å². The molecule has 0 aromatic heterocycles. The summed E-state index contributed by atoms with van der Waals surface area (Å²) < 4.78 is 0. The van der Waals surface area contributed by atoms with Gasteiger partial charge in [-0.15, -0.1) is 0 Å². The molecule has 0 atom stereocenters. The standard InChI is InChI=1S/C16H22Cl2N2O/c1-10(2)9-20(12-5-3-4-6-12)16(21)13-7-11(19)8-14(17)15(13)18/h7-8,10,12H,3-6,9,19H2,1-2H3. The lowest BCUT2D eigenvalue weighted by Crippen LogP contribution is -2.41. The van der Waals surface area contributed by atoms with Gasteiger partial charge in [0, 0.05) is 18.3 Å². The summed E-state index contributed by atoms with van der Waals surface area (Å²) in [6.07, 6.45) is 4.48. The van der Waals surface area contributed by atoms with Crippen LogP contribution in [0.25, 0.3) is 0 Å². The summed E-state index contributed by atoms with van der Waals surface area (Å²) >= 11 is 12.3. The van der Waals surface area contributed by atoms with Crippen LogP contribution in [0, 0.1) is 5.92 Å². The van der Waals surface area contributed by atoms with E-state index in [-0.39, 0.29) is 5.91 Å². The van der Waals surface area contributed by atoms with Crippen molar-refractivity contribution in [1.82, 2.24) is 4.90 Å². The third-order valence-electron chi connectivity index (χ3n) is 3.87. The molecular formula is C16H22Cl2N2O. The highest BCUT2D eigenvalue weighted by atomic mass is 35.5. The van der Waals surface area contributed by atoms with Crippen molar-refractivity contribution in [1.29, 1.82) is 0 Å². The number of carbonyl (C=O) groups excluding carboxylic acids is 1. The van der Waals surface area contributed by atoms with Gasteiger partial charge in [-0.2, -0.15) is 0 Å². The van der Waals surface area contributed by atoms with E-state index >= 15 is 0 Å². The SMILES string of the molecule is CC(C)CN(C(=O)c1cc(N)cc(Cl)c1Cl)C1CCCC1. The maximum absolute atomic E-state index is 12.9. The number of nitrogens with two attached hydrogens (primary N) is 1. The highest BCUT2D eigenvalue weighted by Crippen LogP contribution is 2.32. The van der Waals surface area contributed by atoms with Gasteiger partial charge in [0.1, 0.15) is 0 Å². The molecule has 0 bridgehead atoms. The largest absolute Gasteiger partial charge is 0.399 e. The fourth-order valence-electron chi connectivity index (χ4n) is 2.93. The summed E-state index contributed by atoms with van der Waals surface area (Å²) in [5, 5.41) is 0.624. The number of hydrogen-bond acceptors (Lipinski definition) is 2. The zero-order valence-electron chi connectivity index (χ0n) is 12.5. The van der Waals surface area contributed by atoms with Gasteiger partial charge in [0.25, 0.3) is 5.91 Å². The lowest BCUT2D eigenvalue weighted by Gasteiger charge is -2.31. The molecule has 1 aliphatic carbocycles. The Hall–Kier alpha value is -0.930. The smallest absolute Gasteiger partial charge is 0.255 e. The monoisotopic (exact) mass is 328 g/mol. The number of nitrogen functional groups attached to an aromatic ring is 1. The maximum Gasteiger partial charge on any atom is 0.255 e. The summed E-state index contributed by atoms with van der Waals surface area (Å²) in [6, 6.07) is 3.50. The van der Waals surface area contributed by atoms with Gasteiger partial charge in [0.05, 0.1) is 15.6 Å². The number of hydrogen-bond donors (Lipinski definition) is 1. The molecule has 1 saturated carbocycles. The third-order valence-corrected chi connectivity index (χ3v) is 4.67. The maximum atomic E-state index is 12.9. The minimum absolute atomic E-state index is 0.0604. The van der Waals surface area contributed by atoms with Crippen molar-refractivity contribution in [3.63, 3.8) is 0 Å². The van der Waals surface area contributed by atoms with Gasteiger partial charge in [0.2, 0.25) is 0 Å². The van der Waals surface area contributed by atoms with Crippen molar-refractivity contribution in [2.45, 2.75) is 45.6 Å². The number of nitrogens with zero attached hydrogens (tertiary/aromatic N) is 1. The summed E-state index contributed by atoms with van der Waals surface area (Å²) in [7, 11) is 0. The molecule has 3 nitrogen and oxygen atoms in total. The van der Waals surface area contributed by atoms with Gasteiger partial charge in [-0.1, -0.05) is 49.9 Å². The average molecular weight is 329 g/mol. The van der Waals surface area contributed by atoms with Crippen LogP contribution in [-0.2, 0) is 0 Å². The first-order chi connectivity index (χ1) is 9.90. The molecule has 1 amide bonds. The van der Waals surface area contributed by atoms with Crippen molar-refractivity contribution in [3.8, 4) is 0 Å². The van der Waals surface area contributed by atoms with Gasteiger partial charge in [-0.3, -0.25) is 4.79 Å². The van der Waals surface area contributed by atoms with Crippen molar-refractivity contribution in [2.75, 3.05) is 12.3 Å². The van der Waals surface area contributed by atoms with Gasteiger partial charge in [0.15, 0.2) is 0 Å². The van der Waals surface area contributed by atoms with Crippen LogP contribution in [0.3, 0.4) is 0 Å². The minimum Gasteiger partial charge on any atom is -0.399 e. The van der Waals surface area contributed by atoms with E-state index in [9.17, 15) is 4.79 Å². The van der Waals surface area contributed by atoms with Crippen molar-refractivity contribution < 1.29 is 4.79 Å². The first kappa shape index (κ1) is 16.4. The van der Waals surface area contributed by atoms with Crippen molar-refractivity contribution in [3.05, 3.63) is 27.7 Å². The Balaban J connectivity index is 2.33. The molecule has 0 unspecified atom stereocenters. The van der Waals surface area contributed by atoms with E-state index in [1.165, 1.54) is 12.8 Å². The van der Waals surface area contributed by atoms with Crippen LogP contribution in [0.1, 0.15) is 49.9 Å². The van der Waals surface area contributed by atoms with Gasteiger partial charge in [-0.05, 0) is 30.9 Å². The fourth-order valence-corrected chi connectivity index (χ4v) is 3.35. The van der Waals surface area contributed by atoms with Crippen LogP contribution in [0.4, 0.5) is 5.69 Å². The van der Waals surface area contributed by atoms with E-state index in [1.54, 1.807) is 12.1 Å².